The number of ether oxygens (including phenoxy) is 2. The number of aliphatic hydroxyl groups excluding tert-OH is 2. The minimum Gasteiger partial charge on any atom is -0.457 e. The van der Waals surface area contributed by atoms with Crippen molar-refractivity contribution in [1.29, 1.82) is 0 Å². The lowest BCUT2D eigenvalue weighted by Crippen LogP contribution is -2.51. The van der Waals surface area contributed by atoms with Crippen LogP contribution >= 0.6 is 0 Å². The Hall–Kier alpha value is -2.78. The van der Waals surface area contributed by atoms with Gasteiger partial charge < -0.3 is 19.7 Å². The van der Waals surface area contributed by atoms with Crippen LogP contribution in [0.5, 0.6) is 0 Å². The number of esters is 2. The molecule has 3 aliphatic rings. The van der Waals surface area contributed by atoms with Gasteiger partial charge in [-0.1, -0.05) is 6.07 Å². The highest BCUT2D eigenvalue weighted by Crippen LogP contribution is 2.54. The lowest BCUT2D eigenvalue weighted by Gasteiger charge is -2.46. The van der Waals surface area contributed by atoms with E-state index >= 15 is 0 Å². The zero-order valence-corrected chi connectivity index (χ0v) is 18.3. The second-order valence-electron chi connectivity index (χ2n) is 9.84. The molecule has 0 radical (unpaired) electrons. The highest BCUT2D eigenvalue weighted by Gasteiger charge is 2.55. The van der Waals surface area contributed by atoms with Crippen LogP contribution < -0.4 is 0 Å². The van der Waals surface area contributed by atoms with Gasteiger partial charge in [-0.3, -0.25) is 10.1 Å². The van der Waals surface area contributed by atoms with Crippen LogP contribution in [-0.4, -0.2) is 50.5 Å². The third kappa shape index (κ3) is 4.20. The van der Waals surface area contributed by atoms with Crippen molar-refractivity contribution in [3.8, 4) is 0 Å². The largest absolute Gasteiger partial charge is 0.457 e. The van der Waals surface area contributed by atoms with Gasteiger partial charge in [0.1, 0.15) is 11.2 Å². The minimum atomic E-state index is -1.45. The number of carbonyl (C=O) groups is 2. The van der Waals surface area contributed by atoms with E-state index in [0.717, 1.165) is 0 Å². The molecule has 9 nitrogen and oxygen atoms in total. The first kappa shape index (κ1) is 22.9. The summed E-state index contributed by atoms with van der Waals surface area (Å²) in [6.07, 6.45) is -2.85. The number of fused-ring (bicyclic) bond motifs is 1. The fourth-order valence-electron chi connectivity index (χ4n) is 4.12. The smallest absolute Gasteiger partial charge is 0.335 e. The Labute approximate surface area is 179 Å². The Kier molecular flexibility index (Phi) is 5.48. The maximum atomic E-state index is 13.2. The number of carbonyl (C=O) groups excluding carboxylic acids is 2. The van der Waals surface area contributed by atoms with Gasteiger partial charge in [0.05, 0.1) is 28.3 Å². The molecule has 2 bridgehead atoms. The summed E-state index contributed by atoms with van der Waals surface area (Å²) in [5, 5.41) is 32.8. The summed E-state index contributed by atoms with van der Waals surface area (Å²) in [4.78, 5) is 37.0. The Morgan fingerprint density at radius 3 is 1.68 bits per heavy atom. The van der Waals surface area contributed by atoms with Crippen molar-refractivity contribution in [2.24, 2.45) is 0 Å². The zero-order valence-electron chi connectivity index (χ0n) is 18.3. The van der Waals surface area contributed by atoms with E-state index in [9.17, 15) is 29.9 Å². The summed E-state index contributed by atoms with van der Waals surface area (Å²) in [5.74, 6) is -3.91. The van der Waals surface area contributed by atoms with E-state index in [0.29, 0.717) is 11.1 Å². The molecule has 0 aromatic heterocycles. The standard InChI is InChI=1S/C22H27NO8/c1-21(2,3)30-19(26)15-13-11-8-7-10(23(28)29)9-12(11)14(18(25)17(13)24)16(15)20(27)31-22(4,5)6/h7-9,13-14,17-18,24-25H,1-6H3/t13-,14+,17+,18-/m1/s1. The van der Waals surface area contributed by atoms with Gasteiger partial charge in [-0.25, -0.2) is 9.59 Å². The van der Waals surface area contributed by atoms with Crippen molar-refractivity contribution in [2.45, 2.75) is 76.8 Å². The van der Waals surface area contributed by atoms with E-state index in [4.69, 9.17) is 9.47 Å². The fourth-order valence-corrected chi connectivity index (χ4v) is 4.12. The molecule has 0 saturated heterocycles. The molecule has 0 amide bonds. The Morgan fingerprint density at radius 1 is 0.871 bits per heavy atom. The SMILES string of the molecule is CC(C)(C)OC(=O)C1=C(C(=O)OC(C)(C)C)[C@H]2c3ccc([N+](=O)[O-])cc3[C@@H]1[C@@H](O)[C@H]2O. The second kappa shape index (κ2) is 7.42. The number of hydrogen-bond acceptors (Lipinski definition) is 8. The van der Waals surface area contributed by atoms with Crippen molar-refractivity contribution < 1.29 is 34.2 Å². The van der Waals surface area contributed by atoms with Crippen molar-refractivity contribution in [2.75, 3.05) is 0 Å². The number of aliphatic hydroxyl groups is 2. The van der Waals surface area contributed by atoms with Gasteiger partial charge in [-0.05, 0) is 52.7 Å². The molecule has 4 rings (SSSR count). The monoisotopic (exact) mass is 433 g/mol. The molecular formula is C22H27NO8. The van der Waals surface area contributed by atoms with E-state index in [1.165, 1.54) is 18.2 Å². The molecule has 31 heavy (non-hydrogen) atoms. The molecule has 0 unspecified atom stereocenters. The molecule has 0 saturated carbocycles. The number of rotatable bonds is 3. The first-order valence-corrected chi connectivity index (χ1v) is 9.97. The minimum absolute atomic E-state index is 0.0895. The maximum Gasteiger partial charge on any atom is 0.335 e. The van der Waals surface area contributed by atoms with Crippen LogP contribution in [0.25, 0.3) is 0 Å². The van der Waals surface area contributed by atoms with Crippen LogP contribution in [0.2, 0.25) is 0 Å². The number of nitrogens with zero attached hydrogens (tertiary/aromatic N) is 1. The van der Waals surface area contributed by atoms with Gasteiger partial charge >= 0.3 is 11.9 Å². The van der Waals surface area contributed by atoms with E-state index < -0.39 is 52.1 Å². The average molecular weight is 433 g/mol. The number of benzene rings is 1. The summed E-state index contributed by atoms with van der Waals surface area (Å²) in [6.45, 7) is 9.98. The van der Waals surface area contributed by atoms with Crippen LogP contribution in [0.4, 0.5) is 5.69 Å². The molecule has 1 aromatic carbocycles. The third-order valence-corrected chi connectivity index (χ3v) is 5.13. The first-order chi connectivity index (χ1) is 14.1. The van der Waals surface area contributed by atoms with Gasteiger partial charge in [0, 0.05) is 24.0 Å². The van der Waals surface area contributed by atoms with E-state index in [-0.39, 0.29) is 16.8 Å². The van der Waals surface area contributed by atoms with Gasteiger partial charge in [-0.15, -0.1) is 0 Å². The lowest BCUT2D eigenvalue weighted by atomic mass is 9.60. The molecule has 0 aliphatic heterocycles. The topological polar surface area (TPSA) is 136 Å². The quantitative estimate of drug-likeness (QED) is 0.421. The zero-order chi connectivity index (χ0) is 23.5. The predicted octanol–water partition coefficient (Wildman–Crippen LogP) is 2.49. The maximum absolute atomic E-state index is 13.2. The van der Waals surface area contributed by atoms with Gasteiger partial charge in [-0.2, -0.15) is 0 Å². The van der Waals surface area contributed by atoms with Crippen LogP contribution in [0.1, 0.15) is 64.5 Å². The Morgan fingerprint density at radius 2 is 1.29 bits per heavy atom. The molecule has 1 aromatic rings. The van der Waals surface area contributed by atoms with Gasteiger partial charge in [0.25, 0.3) is 5.69 Å². The molecule has 168 valence electrons. The van der Waals surface area contributed by atoms with Crippen molar-refractivity contribution >= 4 is 17.6 Å². The van der Waals surface area contributed by atoms with Crippen LogP contribution in [0.15, 0.2) is 29.3 Å². The predicted molar refractivity (Wildman–Crippen MR) is 109 cm³/mol. The molecule has 4 atom stereocenters. The number of hydrogen-bond donors (Lipinski definition) is 2. The summed E-state index contributed by atoms with van der Waals surface area (Å²) >= 11 is 0. The Bertz CT molecular complexity index is 982. The van der Waals surface area contributed by atoms with Crippen molar-refractivity contribution in [3.05, 3.63) is 50.6 Å². The van der Waals surface area contributed by atoms with Gasteiger partial charge in [0.15, 0.2) is 0 Å². The highest BCUT2D eigenvalue weighted by atomic mass is 16.6. The van der Waals surface area contributed by atoms with E-state index in [1.54, 1.807) is 41.5 Å². The summed E-state index contributed by atoms with van der Waals surface area (Å²) in [5.41, 5.74) is -1.48. The molecule has 0 fully saturated rings. The summed E-state index contributed by atoms with van der Waals surface area (Å²) in [6, 6.07) is 3.97. The average Bonchev–Trinajstić information content (AvgIpc) is 2.60. The molecule has 3 aliphatic carbocycles. The van der Waals surface area contributed by atoms with Crippen molar-refractivity contribution in [1.82, 2.24) is 0 Å². The highest BCUT2D eigenvalue weighted by molar-refractivity contribution is 6.04. The molecular weight excluding hydrogens is 406 g/mol. The third-order valence-electron chi connectivity index (χ3n) is 5.13. The number of non-ortho nitro benzene ring substituents is 1. The van der Waals surface area contributed by atoms with Gasteiger partial charge in [0.2, 0.25) is 0 Å². The lowest BCUT2D eigenvalue weighted by molar-refractivity contribution is -0.385. The number of nitro benzene ring substituents is 1. The van der Waals surface area contributed by atoms with E-state index in [2.05, 4.69) is 0 Å². The molecule has 9 heteroatoms. The normalized spacial score (nSPS) is 25.2. The van der Waals surface area contributed by atoms with E-state index in [1.807, 2.05) is 0 Å². The van der Waals surface area contributed by atoms with Crippen molar-refractivity contribution in [3.63, 3.8) is 0 Å². The summed E-state index contributed by atoms with van der Waals surface area (Å²) in [7, 11) is 0. The molecule has 0 spiro atoms. The fraction of sp³-hybridized carbons (Fsp3) is 0.545. The van der Waals surface area contributed by atoms with Crippen LogP contribution in [0, 0.1) is 10.1 Å². The molecule has 0 heterocycles. The van der Waals surface area contributed by atoms with Crippen LogP contribution in [0.3, 0.4) is 0 Å². The second-order valence-corrected chi connectivity index (χ2v) is 9.84. The Balaban J connectivity index is 2.26. The molecule has 2 N–H and O–H groups in total. The number of nitro groups is 1. The summed E-state index contributed by atoms with van der Waals surface area (Å²) < 4.78 is 11.0. The van der Waals surface area contributed by atoms with Crippen LogP contribution in [-0.2, 0) is 19.1 Å². The first-order valence-electron chi connectivity index (χ1n) is 9.97.